The number of halogens is 4. The van der Waals surface area contributed by atoms with Crippen molar-refractivity contribution < 1.29 is 23.1 Å². The Balaban J connectivity index is 1.67. The van der Waals surface area contributed by atoms with Crippen LogP contribution in [0.4, 0.5) is 19.0 Å². The molecule has 2 heterocycles. The summed E-state index contributed by atoms with van der Waals surface area (Å²) in [5.74, 6) is -0.464. The Bertz CT molecular complexity index is 1450. The van der Waals surface area contributed by atoms with Crippen molar-refractivity contribution in [3.8, 4) is 11.4 Å². The summed E-state index contributed by atoms with van der Waals surface area (Å²) >= 11 is 6.07. The molecule has 0 unspecified atom stereocenters. The van der Waals surface area contributed by atoms with E-state index in [1.165, 1.54) is 12.1 Å². The Labute approximate surface area is 215 Å². The molecule has 5 rings (SSSR count). The highest BCUT2D eigenvalue weighted by molar-refractivity contribution is 6.30. The molecule has 1 aliphatic rings. The molecule has 1 aliphatic carbocycles. The van der Waals surface area contributed by atoms with Gasteiger partial charge in [0.2, 0.25) is 5.82 Å². The molecule has 0 aliphatic heterocycles. The van der Waals surface area contributed by atoms with Gasteiger partial charge in [-0.1, -0.05) is 30.2 Å². The zero-order valence-electron chi connectivity index (χ0n) is 19.8. The highest BCUT2D eigenvalue weighted by atomic mass is 35.5. The van der Waals surface area contributed by atoms with Crippen LogP contribution in [0, 0.1) is 5.92 Å². The molecule has 0 radical (unpaired) electrons. The largest absolute Gasteiger partial charge is 0.475 e. The van der Waals surface area contributed by atoms with Crippen molar-refractivity contribution in [2.24, 2.45) is 5.92 Å². The minimum atomic E-state index is -4.44. The summed E-state index contributed by atoms with van der Waals surface area (Å²) in [6, 6.07) is 11.9. The molecule has 11 heteroatoms. The lowest BCUT2D eigenvalue weighted by molar-refractivity contribution is -0.137. The molecule has 7 nitrogen and oxygen atoms in total. The monoisotopic (exact) mass is 529 g/mol. The van der Waals surface area contributed by atoms with E-state index in [1.54, 1.807) is 28.8 Å². The maximum atomic E-state index is 13.1. The van der Waals surface area contributed by atoms with Crippen LogP contribution in [-0.4, -0.2) is 36.6 Å². The molecule has 37 heavy (non-hydrogen) atoms. The fourth-order valence-corrected chi connectivity index (χ4v) is 4.59. The Morgan fingerprint density at radius 1 is 1.11 bits per heavy atom. The first kappa shape index (κ1) is 25.0. The van der Waals surface area contributed by atoms with Crippen molar-refractivity contribution in [3.63, 3.8) is 0 Å². The number of nitrogens with zero attached hydrogens (tertiary/aromatic N) is 4. The second kappa shape index (κ2) is 9.66. The number of aromatic carboxylic acids is 1. The van der Waals surface area contributed by atoms with Crippen LogP contribution < -0.4 is 5.32 Å². The standard InChI is InChI=1S/C26H23ClF3N5O2/c1-14(16-3-2-4-16)31-21-20-22(33-23(32-21)25(36)37)34-24(17-7-11-19(27)12-8-17)35(20)13-15-5-9-18(10-6-15)26(28,29)30/h5-12,14,16H,2-4,13H2,1H3,(H,36,37)(H,31,32,33)/t14-/m1/s1. The van der Waals surface area contributed by atoms with Gasteiger partial charge in [-0.15, -0.1) is 0 Å². The van der Waals surface area contributed by atoms with Crippen LogP contribution in [0.5, 0.6) is 0 Å². The Hall–Kier alpha value is -3.66. The average molecular weight is 530 g/mol. The lowest BCUT2D eigenvalue weighted by atomic mass is 9.80. The highest BCUT2D eigenvalue weighted by Crippen LogP contribution is 2.34. The minimum Gasteiger partial charge on any atom is -0.475 e. The van der Waals surface area contributed by atoms with Crippen molar-refractivity contribution in [1.29, 1.82) is 0 Å². The number of aromatic nitrogens is 4. The summed E-state index contributed by atoms with van der Waals surface area (Å²) in [6.07, 6.45) is -1.17. The van der Waals surface area contributed by atoms with E-state index < -0.39 is 23.5 Å². The second-order valence-corrected chi connectivity index (χ2v) is 9.66. The number of nitrogens with one attached hydrogen (secondary N) is 1. The molecule has 2 N–H and O–H groups in total. The van der Waals surface area contributed by atoms with Crippen molar-refractivity contribution in [3.05, 3.63) is 70.5 Å². The van der Waals surface area contributed by atoms with Crippen molar-refractivity contribution in [2.75, 3.05) is 5.32 Å². The van der Waals surface area contributed by atoms with Crippen molar-refractivity contribution in [1.82, 2.24) is 19.5 Å². The van der Waals surface area contributed by atoms with Gasteiger partial charge in [-0.25, -0.2) is 19.7 Å². The van der Waals surface area contributed by atoms with Crippen LogP contribution in [0.3, 0.4) is 0 Å². The van der Waals surface area contributed by atoms with Crippen molar-refractivity contribution in [2.45, 2.75) is 44.9 Å². The number of hydrogen-bond acceptors (Lipinski definition) is 5. The number of rotatable bonds is 7. The number of carboxylic acid groups (broad SMARTS) is 1. The maximum Gasteiger partial charge on any atom is 0.416 e. The molecule has 1 fully saturated rings. The molecule has 2 aromatic heterocycles. The Morgan fingerprint density at radius 3 is 2.35 bits per heavy atom. The van der Waals surface area contributed by atoms with E-state index in [2.05, 4.69) is 20.3 Å². The van der Waals surface area contributed by atoms with Gasteiger partial charge in [-0.3, -0.25) is 0 Å². The Kier molecular flexibility index (Phi) is 6.53. The van der Waals surface area contributed by atoms with Gasteiger partial charge in [-0.05, 0) is 67.6 Å². The van der Waals surface area contributed by atoms with Crippen molar-refractivity contribution >= 4 is 34.6 Å². The molecule has 192 valence electrons. The van der Waals surface area contributed by atoms with E-state index in [0.29, 0.717) is 39.2 Å². The number of imidazole rings is 1. The van der Waals surface area contributed by atoms with Gasteiger partial charge >= 0.3 is 12.1 Å². The van der Waals surface area contributed by atoms with Crippen LogP contribution in [0.25, 0.3) is 22.6 Å². The van der Waals surface area contributed by atoms with E-state index in [1.807, 2.05) is 6.92 Å². The molecule has 1 atom stereocenters. The van der Waals surface area contributed by atoms with Gasteiger partial charge < -0.3 is 15.0 Å². The number of carboxylic acids is 1. The van der Waals surface area contributed by atoms with E-state index in [0.717, 1.165) is 31.4 Å². The van der Waals surface area contributed by atoms with Crippen LogP contribution in [0.15, 0.2) is 48.5 Å². The SMILES string of the molecule is C[C@@H](Nc1nc(C(=O)O)nc2nc(-c3ccc(Cl)cc3)n(Cc3ccc(C(F)(F)F)cc3)c12)C1CCC1. The fraction of sp³-hybridized carbons (Fsp3) is 0.308. The van der Waals surface area contributed by atoms with Gasteiger partial charge in [0.1, 0.15) is 11.3 Å². The number of benzene rings is 2. The molecular formula is C26H23ClF3N5O2. The molecule has 2 aromatic carbocycles. The first-order chi connectivity index (χ1) is 17.6. The number of alkyl halides is 3. The zero-order valence-corrected chi connectivity index (χ0v) is 20.5. The fourth-order valence-electron chi connectivity index (χ4n) is 4.46. The summed E-state index contributed by atoms with van der Waals surface area (Å²) in [7, 11) is 0. The topological polar surface area (TPSA) is 92.9 Å². The second-order valence-electron chi connectivity index (χ2n) is 9.22. The molecule has 1 saturated carbocycles. The van der Waals surface area contributed by atoms with E-state index in [4.69, 9.17) is 11.6 Å². The summed E-state index contributed by atoms with van der Waals surface area (Å²) in [6.45, 7) is 2.18. The minimum absolute atomic E-state index is 0.0295. The van der Waals surface area contributed by atoms with Crippen LogP contribution >= 0.6 is 11.6 Å². The van der Waals surface area contributed by atoms with Crippen LogP contribution in [0.1, 0.15) is 47.9 Å². The molecule has 0 spiro atoms. The van der Waals surface area contributed by atoms with Gasteiger partial charge in [0.25, 0.3) is 0 Å². The van der Waals surface area contributed by atoms with Gasteiger partial charge in [-0.2, -0.15) is 13.2 Å². The number of carbonyl (C=O) groups is 1. The molecule has 0 amide bonds. The third-order valence-corrected chi connectivity index (χ3v) is 6.99. The lowest BCUT2D eigenvalue weighted by Crippen LogP contribution is -2.31. The Morgan fingerprint density at radius 2 is 1.78 bits per heavy atom. The van der Waals surface area contributed by atoms with E-state index in [-0.39, 0.29) is 18.2 Å². The first-order valence-corrected chi connectivity index (χ1v) is 12.2. The predicted molar refractivity (Wildman–Crippen MR) is 134 cm³/mol. The summed E-state index contributed by atoms with van der Waals surface area (Å²) in [5, 5.41) is 13.5. The number of anilines is 1. The van der Waals surface area contributed by atoms with Gasteiger partial charge in [0.15, 0.2) is 11.5 Å². The van der Waals surface area contributed by atoms with E-state index >= 15 is 0 Å². The third kappa shape index (κ3) is 5.11. The van der Waals surface area contributed by atoms with Gasteiger partial charge in [0, 0.05) is 23.2 Å². The smallest absolute Gasteiger partial charge is 0.416 e. The summed E-state index contributed by atoms with van der Waals surface area (Å²) in [4.78, 5) is 24.9. The molecule has 0 bridgehead atoms. The predicted octanol–water partition coefficient (Wildman–Crippen LogP) is 6.51. The highest BCUT2D eigenvalue weighted by Gasteiger charge is 2.30. The number of hydrogen-bond donors (Lipinski definition) is 2. The van der Waals surface area contributed by atoms with Crippen LogP contribution in [-0.2, 0) is 12.7 Å². The first-order valence-electron chi connectivity index (χ1n) is 11.8. The van der Waals surface area contributed by atoms with Crippen LogP contribution in [0.2, 0.25) is 5.02 Å². The lowest BCUT2D eigenvalue weighted by Gasteiger charge is -2.32. The summed E-state index contributed by atoms with van der Waals surface area (Å²) in [5.41, 5.74) is 1.19. The average Bonchev–Trinajstić information content (AvgIpc) is 3.16. The molecular weight excluding hydrogens is 507 g/mol. The molecule has 0 saturated heterocycles. The maximum absolute atomic E-state index is 13.1. The van der Waals surface area contributed by atoms with Gasteiger partial charge in [0.05, 0.1) is 5.56 Å². The number of fused-ring (bicyclic) bond motifs is 1. The quantitative estimate of drug-likeness (QED) is 0.283. The normalized spacial score (nSPS) is 14.9. The molecule has 4 aromatic rings. The third-order valence-electron chi connectivity index (χ3n) is 6.74. The summed E-state index contributed by atoms with van der Waals surface area (Å²) < 4.78 is 41.1. The van der Waals surface area contributed by atoms with E-state index in [9.17, 15) is 23.1 Å². The zero-order chi connectivity index (χ0) is 26.3.